The van der Waals surface area contributed by atoms with Gasteiger partial charge in [0.05, 0.1) is 17.6 Å². The van der Waals surface area contributed by atoms with E-state index in [1.54, 1.807) is 0 Å². The van der Waals surface area contributed by atoms with E-state index in [0.29, 0.717) is 6.42 Å². The van der Waals surface area contributed by atoms with Crippen LogP contribution in [0.5, 0.6) is 0 Å². The number of nitriles is 1. The van der Waals surface area contributed by atoms with Crippen molar-refractivity contribution >= 4 is 0 Å². The van der Waals surface area contributed by atoms with Crippen molar-refractivity contribution in [3.05, 3.63) is 0 Å². The minimum atomic E-state index is -0.769. The third-order valence-corrected chi connectivity index (χ3v) is 3.24. The normalized spacial score (nSPS) is 36.6. The molecule has 0 saturated carbocycles. The summed E-state index contributed by atoms with van der Waals surface area (Å²) in [7, 11) is 0. The summed E-state index contributed by atoms with van der Waals surface area (Å²) < 4.78 is 0. The van der Waals surface area contributed by atoms with Crippen LogP contribution in [0.3, 0.4) is 0 Å². The van der Waals surface area contributed by atoms with Gasteiger partial charge in [-0.05, 0) is 26.3 Å². The second-order valence-corrected chi connectivity index (χ2v) is 3.90. The third kappa shape index (κ3) is 1.84. The van der Waals surface area contributed by atoms with Crippen molar-refractivity contribution in [1.82, 2.24) is 5.32 Å². The summed E-state index contributed by atoms with van der Waals surface area (Å²) in [5, 5.41) is 22.4. The Bertz CT molecular complexity index is 211. The summed E-state index contributed by atoms with van der Waals surface area (Å²) in [6.07, 6.45) is 1.62. The van der Waals surface area contributed by atoms with E-state index in [9.17, 15) is 5.11 Å². The predicted octanol–water partition coefficient (Wildman–Crippen LogP) is 0.897. The number of nitrogens with zero attached hydrogens (tertiary/aromatic N) is 1. The maximum absolute atomic E-state index is 10.3. The van der Waals surface area contributed by atoms with E-state index in [4.69, 9.17) is 5.26 Å². The van der Waals surface area contributed by atoms with Crippen molar-refractivity contribution in [2.45, 2.75) is 32.3 Å². The van der Waals surface area contributed by atoms with Crippen molar-refractivity contribution in [2.24, 2.45) is 11.8 Å². The summed E-state index contributed by atoms with van der Waals surface area (Å²) >= 11 is 0. The van der Waals surface area contributed by atoms with Crippen LogP contribution in [-0.2, 0) is 0 Å². The van der Waals surface area contributed by atoms with Gasteiger partial charge >= 0.3 is 0 Å². The maximum Gasteiger partial charge on any atom is 0.0854 e. The number of hydrogen-bond acceptors (Lipinski definition) is 3. The number of piperidine rings is 1. The smallest absolute Gasteiger partial charge is 0.0854 e. The van der Waals surface area contributed by atoms with Gasteiger partial charge in [-0.15, -0.1) is 0 Å². The van der Waals surface area contributed by atoms with Gasteiger partial charge < -0.3 is 10.4 Å². The van der Waals surface area contributed by atoms with Gasteiger partial charge in [-0.2, -0.15) is 5.26 Å². The first-order valence-corrected chi connectivity index (χ1v) is 4.97. The van der Waals surface area contributed by atoms with Gasteiger partial charge in [-0.25, -0.2) is 0 Å². The lowest BCUT2D eigenvalue weighted by Crippen LogP contribution is -2.53. The van der Waals surface area contributed by atoms with E-state index < -0.39 is 5.60 Å². The Balaban J connectivity index is 2.77. The second-order valence-electron chi connectivity index (χ2n) is 3.90. The third-order valence-electron chi connectivity index (χ3n) is 3.24. The van der Waals surface area contributed by atoms with Crippen LogP contribution >= 0.6 is 0 Å². The summed E-state index contributed by atoms with van der Waals surface area (Å²) in [6, 6.07) is 2.16. The average Bonchev–Trinajstić information content (AvgIpc) is 2.17. The number of nitrogens with one attached hydrogen (secondary N) is 1. The lowest BCUT2D eigenvalue weighted by atomic mass is 9.73. The summed E-state index contributed by atoms with van der Waals surface area (Å²) in [4.78, 5) is 0. The van der Waals surface area contributed by atoms with E-state index in [-0.39, 0.29) is 11.8 Å². The van der Waals surface area contributed by atoms with Crippen LogP contribution in [-0.4, -0.2) is 23.8 Å². The Kier molecular flexibility index (Phi) is 3.29. The Labute approximate surface area is 79.8 Å². The molecule has 3 nitrogen and oxygen atoms in total. The molecule has 1 aliphatic rings. The van der Waals surface area contributed by atoms with Crippen LogP contribution in [0.2, 0.25) is 0 Å². The molecule has 3 atom stereocenters. The minimum absolute atomic E-state index is 0.218. The molecule has 1 saturated heterocycles. The molecule has 0 spiro atoms. The topological polar surface area (TPSA) is 56.0 Å². The molecule has 1 aliphatic heterocycles. The van der Waals surface area contributed by atoms with Crippen molar-refractivity contribution in [1.29, 1.82) is 5.26 Å². The molecule has 0 radical (unpaired) electrons. The van der Waals surface area contributed by atoms with Crippen LogP contribution in [0, 0.1) is 23.2 Å². The van der Waals surface area contributed by atoms with Gasteiger partial charge in [0.25, 0.3) is 0 Å². The van der Waals surface area contributed by atoms with Crippen molar-refractivity contribution in [3.63, 3.8) is 0 Å². The van der Waals surface area contributed by atoms with E-state index in [1.807, 2.05) is 6.92 Å². The van der Waals surface area contributed by atoms with Crippen LogP contribution in [0.1, 0.15) is 26.7 Å². The van der Waals surface area contributed by atoms with Gasteiger partial charge in [0.15, 0.2) is 0 Å². The fourth-order valence-electron chi connectivity index (χ4n) is 2.13. The lowest BCUT2D eigenvalue weighted by Gasteiger charge is -2.41. The molecule has 0 aliphatic carbocycles. The highest BCUT2D eigenvalue weighted by atomic mass is 16.3. The monoisotopic (exact) mass is 182 g/mol. The van der Waals surface area contributed by atoms with E-state index in [1.165, 1.54) is 0 Å². The standard InChI is InChI=1S/C10H18N2O/c1-3-9-7-12-5-4-10(9,13)8(2)6-11/h8-9,12-13H,3-5,7H2,1-2H3. The molecule has 3 unspecified atom stereocenters. The van der Waals surface area contributed by atoms with Crippen LogP contribution < -0.4 is 5.32 Å². The summed E-state index contributed by atoms with van der Waals surface area (Å²) in [6.45, 7) is 5.53. The lowest BCUT2D eigenvalue weighted by molar-refractivity contribution is -0.0680. The Morgan fingerprint density at radius 3 is 3.00 bits per heavy atom. The molecule has 1 fully saturated rings. The van der Waals surface area contributed by atoms with Crippen LogP contribution in [0.25, 0.3) is 0 Å². The molecule has 0 amide bonds. The molecule has 0 aromatic heterocycles. The molecular weight excluding hydrogens is 164 g/mol. The molecule has 1 heterocycles. The number of aliphatic hydroxyl groups is 1. The molecule has 74 valence electrons. The fraction of sp³-hybridized carbons (Fsp3) is 0.900. The van der Waals surface area contributed by atoms with Gasteiger partial charge in [-0.3, -0.25) is 0 Å². The quantitative estimate of drug-likeness (QED) is 0.667. The number of hydrogen-bond donors (Lipinski definition) is 2. The molecule has 13 heavy (non-hydrogen) atoms. The molecule has 1 rings (SSSR count). The zero-order valence-corrected chi connectivity index (χ0v) is 8.38. The maximum atomic E-state index is 10.3. The first-order valence-electron chi connectivity index (χ1n) is 4.97. The highest BCUT2D eigenvalue weighted by molar-refractivity contribution is 5.02. The molecule has 0 aromatic rings. The fourth-order valence-corrected chi connectivity index (χ4v) is 2.13. The van der Waals surface area contributed by atoms with Gasteiger partial charge in [-0.1, -0.05) is 6.92 Å². The zero-order valence-electron chi connectivity index (χ0n) is 8.38. The van der Waals surface area contributed by atoms with Crippen LogP contribution in [0.4, 0.5) is 0 Å². The summed E-state index contributed by atoms with van der Waals surface area (Å²) in [5.74, 6) is -0.0459. The molecule has 0 aromatic carbocycles. The zero-order chi connectivity index (χ0) is 9.90. The first kappa shape index (κ1) is 10.5. The van der Waals surface area contributed by atoms with Gasteiger partial charge in [0.1, 0.15) is 0 Å². The minimum Gasteiger partial charge on any atom is -0.388 e. The van der Waals surface area contributed by atoms with Crippen molar-refractivity contribution < 1.29 is 5.11 Å². The first-order chi connectivity index (χ1) is 6.15. The largest absolute Gasteiger partial charge is 0.388 e. The van der Waals surface area contributed by atoms with E-state index >= 15 is 0 Å². The highest BCUT2D eigenvalue weighted by Crippen LogP contribution is 2.33. The van der Waals surface area contributed by atoms with Gasteiger partial charge in [0, 0.05) is 12.5 Å². The SMILES string of the molecule is CCC1CNCCC1(O)C(C)C#N. The molecular formula is C10H18N2O. The van der Waals surface area contributed by atoms with Crippen molar-refractivity contribution in [2.75, 3.05) is 13.1 Å². The van der Waals surface area contributed by atoms with Crippen molar-refractivity contribution in [3.8, 4) is 6.07 Å². The molecule has 0 bridgehead atoms. The second kappa shape index (κ2) is 4.08. The van der Waals surface area contributed by atoms with E-state index in [0.717, 1.165) is 19.5 Å². The molecule has 2 N–H and O–H groups in total. The number of rotatable bonds is 2. The van der Waals surface area contributed by atoms with E-state index in [2.05, 4.69) is 18.3 Å². The average molecular weight is 182 g/mol. The van der Waals surface area contributed by atoms with Gasteiger partial charge in [0.2, 0.25) is 0 Å². The van der Waals surface area contributed by atoms with Crippen LogP contribution in [0.15, 0.2) is 0 Å². The molecule has 3 heteroatoms. The summed E-state index contributed by atoms with van der Waals surface area (Å²) in [5.41, 5.74) is -0.769. The predicted molar refractivity (Wildman–Crippen MR) is 51.0 cm³/mol. The Morgan fingerprint density at radius 1 is 1.77 bits per heavy atom. The highest BCUT2D eigenvalue weighted by Gasteiger charge is 2.42. The Morgan fingerprint density at radius 2 is 2.46 bits per heavy atom. The Hall–Kier alpha value is -0.590.